The van der Waals surface area contributed by atoms with Crippen LogP contribution in [0.5, 0.6) is 0 Å². The maximum atomic E-state index is 10.8. The number of rotatable bonds is 5. The number of aliphatic hydroxyl groups excluding tert-OH is 1. The van der Waals surface area contributed by atoms with E-state index in [9.17, 15) is 4.79 Å². The predicted molar refractivity (Wildman–Crippen MR) is 46.8 cm³/mol. The number of carbonyl (C=O) groups is 1. The van der Waals surface area contributed by atoms with Crippen LogP contribution in [0.15, 0.2) is 12.7 Å². The summed E-state index contributed by atoms with van der Waals surface area (Å²) in [4.78, 5) is 10.8. The lowest BCUT2D eigenvalue weighted by Crippen LogP contribution is -2.28. The van der Waals surface area contributed by atoms with Gasteiger partial charge in [0.25, 0.3) is 0 Å². The highest BCUT2D eigenvalue weighted by atomic mass is 16.4. The lowest BCUT2D eigenvalue weighted by molar-refractivity contribution is -0.146. The van der Waals surface area contributed by atoms with Crippen LogP contribution in [-0.4, -0.2) is 22.8 Å². The highest BCUT2D eigenvalue weighted by molar-refractivity contribution is 5.76. The second-order valence-corrected chi connectivity index (χ2v) is 3.42. The fourth-order valence-electron chi connectivity index (χ4n) is 1.05. The van der Waals surface area contributed by atoms with Gasteiger partial charge in [0.05, 0.1) is 5.41 Å². The fourth-order valence-corrected chi connectivity index (χ4v) is 1.05. The highest BCUT2D eigenvalue weighted by Crippen LogP contribution is 2.27. The molecule has 2 unspecified atom stereocenters. The van der Waals surface area contributed by atoms with Gasteiger partial charge in [-0.3, -0.25) is 4.79 Å². The molecule has 0 saturated heterocycles. The van der Waals surface area contributed by atoms with Crippen molar-refractivity contribution in [1.82, 2.24) is 0 Å². The molecule has 0 rings (SSSR count). The van der Waals surface area contributed by atoms with Gasteiger partial charge in [-0.2, -0.15) is 0 Å². The van der Waals surface area contributed by atoms with Crippen molar-refractivity contribution >= 4 is 5.97 Å². The average molecular weight is 172 g/mol. The van der Waals surface area contributed by atoms with Gasteiger partial charge in [-0.05, 0) is 19.3 Å². The van der Waals surface area contributed by atoms with E-state index in [4.69, 9.17) is 10.2 Å². The Bertz CT molecular complexity index is 177. The van der Waals surface area contributed by atoms with Crippen LogP contribution < -0.4 is 0 Å². The van der Waals surface area contributed by atoms with Gasteiger partial charge in [-0.1, -0.05) is 13.0 Å². The largest absolute Gasteiger partial charge is 0.481 e. The Morgan fingerprint density at radius 3 is 2.50 bits per heavy atom. The van der Waals surface area contributed by atoms with E-state index in [1.54, 1.807) is 6.92 Å². The lowest BCUT2D eigenvalue weighted by Gasteiger charge is -2.23. The first-order valence-electron chi connectivity index (χ1n) is 3.94. The summed E-state index contributed by atoms with van der Waals surface area (Å²) in [7, 11) is 0. The normalized spacial score (nSPS) is 17.9. The Kier molecular flexibility index (Phi) is 3.96. The molecular formula is C9H16O3. The Balaban J connectivity index is 4.34. The van der Waals surface area contributed by atoms with Crippen molar-refractivity contribution in [3.63, 3.8) is 0 Å². The van der Waals surface area contributed by atoms with E-state index in [0.717, 1.165) is 0 Å². The van der Waals surface area contributed by atoms with E-state index in [2.05, 4.69) is 6.58 Å². The van der Waals surface area contributed by atoms with E-state index in [-0.39, 0.29) is 12.5 Å². The number of hydrogen-bond donors (Lipinski definition) is 2. The van der Waals surface area contributed by atoms with E-state index in [1.807, 2.05) is 6.92 Å². The SMILES string of the molecule is C=CC(C)(CC(C)CO)C(=O)O. The van der Waals surface area contributed by atoms with Crippen molar-refractivity contribution in [2.24, 2.45) is 11.3 Å². The molecule has 0 radical (unpaired) electrons. The first-order chi connectivity index (χ1) is 5.46. The van der Waals surface area contributed by atoms with E-state index in [0.29, 0.717) is 6.42 Å². The number of carboxylic acids is 1. The van der Waals surface area contributed by atoms with Gasteiger partial charge in [0.15, 0.2) is 0 Å². The molecule has 0 amide bonds. The van der Waals surface area contributed by atoms with Crippen molar-refractivity contribution < 1.29 is 15.0 Å². The molecule has 0 bridgehead atoms. The lowest BCUT2D eigenvalue weighted by atomic mass is 9.82. The third kappa shape index (κ3) is 2.66. The molecule has 3 nitrogen and oxygen atoms in total. The van der Waals surface area contributed by atoms with Gasteiger partial charge in [0.2, 0.25) is 0 Å². The summed E-state index contributed by atoms with van der Waals surface area (Å²) in [5, 5.41) is 17.6. The molecule has 0 aromatic carbocycles. The monoisotopic (exact) mass is 172 g/mol. The summed E-state index contributed by atoms with van der Waals surface area (Å²) >= 11 is 0. The molecule has 0 fully saturated rings. The Morgan fingerprint density at radius 2 is 2.25 bits per heavy atom. The third-order valence-electron chi connectivity index (χ3n) is 2.02. The third-order valence-corrected chi connectivity index (χ3v) is 2.02. The summed E-state index contributed by atoms with van der Waals surface area (Å²) < 4.78 is 0. The van der Waals surface area contributed by atoms with Gasteiger partial charge in [-0.15, -0.1) is 6.58 Å². The number of aliphatic hydroxyl groups is 1. The Morgan fingerprint density at radius 1 is 1.75 bits per heavy atom. The fraction of sp³-hybridized carbons (Fsp3) is 0.667. The van der Waals surface area contributed by atoms with Gasteiger partial charge in [-0.25, -0.2) is 0 Å². The topological polar surface area (TPSA) is 57.5 Å². The zero-order valence-corrected chi connectivity index (χ0v) is 7.58. The molecule has 0 heterocycles. The minimum absolute atomic E-state index is 0.0101. The molecular weight excluding hydrogens is 156 g/mol. The van der Waals surface area contributed by atoms with E-state index >= 15 is 0 Å². The number of hydrogen-bond acceptors (Lipinski definition) is 2. The number of aliphatic carboxylic acids is 1. The van der Waals surface area contributed by atoms with Crippen molar-refractivity contribution in [1.29, 1.82) is 0 Å². The van der Waals surface area contributed by atoms with E-state index < -0.39 is 11.4 Å². The summed E-state index contributed by atoms with van der Waals surface area (Å²) in [6.07, 6.45) is 1.84. The molecule has 0 aromatic heterocycles. The summed E-state index contributed by atoms with van der Waals surface area (Å²) in [6.45, 7) is 6.91. The zero-order valence-electron chi connectivity index (χ0n) is 7.58. The maximum Gasteiger partial charge on any atom is 0.313 e. The quantitative estimate of drug-likeness (QED) is 0.614. The van der Waals surface area contributed by atoms with Gasteiger partial charge in [0, 0.05) is 6.61 Å². The Hall–Kier alpha value is -0.830. The van der Waals surface area contributed by atoms with Crippen molar-refractivity contribution in [3.05, 3.63) is 12.7 Å². The first-order valence-corrected chi connectivity index (χ1v) is 3.94. The van der Waals surface area contributed by atoms with Crippen LogP contribution >= 0.6 is 0 Å². The first kappa shape index (κ1) is 11.2. The molecule has 0 saturated carbocycles. The van der Waals surface area contributed by atoms with Crippen LogP contribution in [-0.2, 0) is 4.79 Å². The van der Waals surface area contributed by atoms with Crippen LogP contribution in [0.1, 0.15) is 20.3 Å². The standard InChI is InChI=1S/C9H16O3/c1-4-9(3,8(11)12)5-7(2)6-10/h4,7,10H,1,5-6H2,2-3H3,(H,11,12). The second-order valence-electron chi connectivity index (χ2n) is 3.42. The smallest absolute Gasteiger partial charge is 0.313 e. The van der Waals surface area contributed by atoms with E-state index in [1.165, 1.54) is 6.08 Å². The van der Waals surface area contributed by atoms with Crippen LogP contribution in [0.4, 0.5) is 0 Å². The molecule has 0 aliphatic heterocycles. The molecule has 70 valence electrons. The maximum absolute atomic E-state index is 10.8. The van der Waals surface area contributed by atoms with Crippen molar-refractivity contribution in [3.8, 4) is 0 Å². The van der Waals surface area contributed by atoms with Crippen LogP contribution in [0.3, 0.4) is 0 Å². The summed E-state index contributed by atoms with van der Waals surface area (Å²) in [6, 6.07) is 0. The minimum atomic E-state index is -0.915. The molecule has 2 atom stereocenters. The van der Waals surface area contributed by atoms with Crippen LogP contribution in [0.2, 0.25) is 0 Å². The Labute approximate surface area is 72.7 Å². The van der Waals surface area contributed by atoms with Crippen molar-refractivity contribution in [2.45, 2.75) is 20.3 Å². The molecule has 0 aromatic rings. The molecule has 3 heteroatoms. The predicted octanol–water partition coefficient (Wildman–Crippen LogP) is 1.28. The minimum Gasteiger partial charge on any atom is -0.481 e. The van der Waals surface area contributed by atoms with Gasteiger partial charge < -0.3 is 10.2 Å². The molecule has 0 aliphatic rings. The highest BCUT2D eigenvalue weighted by Gasteiger charge is 2.30. The molecule has 0 spiro atoms. The van der Waals surface area contributed by atoms with Gasteiger partial charge >= 0.3 is 5.97 Å². The number of carboxylic acid groups (broad SMARTS) is 1. The summed E-state index contributed by atoms with van der Waals surface area (Å²) in [5.74, 6) is -0.901. The van der Waals surface area contributed by atoms with Crippen LogP contribution in [0, 0.1) is 11.3 Å². The molecule has 2 N–H and O–H groups in total. The summed E-state index contributed by atoms with van der Waals surface area (Å²) in [5.41, 5.74) is -0.915. The molecule has 0 aliphatic carbocycles. The molecule has 12 heavy (non-hydrogen) atoms. The second kappa shape index (κ2) is 4.26. The van der Waals surface area contributed by atoms with Crippen molar-refractivity contribution in [2.75, 3.05) is 6.61 Å². The average Bonchev–Trinajstić information content (AvgIpc) is 2.03. The zero-order chi connectivity index (χ0) is 9.78. The van der Waals surface area contributed by atoms with Gasteiger partial charge in [0.1, 0.15) is 0 Å². The van der Waals surface area contributed by atoms with Crippen LogP contribution in [0.25, 0.3) is 0 Å².